The lowest BCUT2D eigenvalue weighted by molar-refractivity contribution is 0.302. The first-order valence-electron chi connectivity index (χ1n) is 7.12. The quantitative estimate of drug-likeness (QED) is 0.626. The first-order chi connectivity index (χ1) is 9.45. The Hall–Kier alpha value is -1.07. The summed E-state index contributed by atoms with van der Waals surface area (Å²) in [5.41, 5.74) is 0. The van der Waals surface area contributed by atoms with Crippen LogP contribution in [0.5, 0.6) is 0 Å². The van der Waals surface area contributed by atoms with Gasteiger partial charge in [0.25, 0.3) is 0 Å². The van der Waals surface area contributed by atoms with Crippen LogP contribution in [0.1, 0.15) is 31.7 Å². The molecule has 2 N–H and O–H groups in total. The van der Waals surface area contributed by atoms with Gasteiger partial charge in [0.1, 0.15) is 0 Å². The Labute approximate surface area is 127 Å². The van der Waals surface area contributed by atoms with Crippen molar-refractivity contribution in [2.75, 3.05) is 27.7 Å². The van der Waals surface area contributed by atoms with Crippen molar-refractivity contribution in [2.45, 2.75) is 32.9 Å². The third-order valence-electron chi connectivity index (χ3n) is 3.55. The second-order valence-electron chi connectivity index (χ2n) is 5.62. The molecule has 1 heterocycles. The first-order valence-corrected chi connectivity index (χ1v) is 8.00. The lowest BCUT2D eigenvalue weighted by atomic mass is 10.1. The average Bonchev–Trinajstić information content (AvgIpc) is 2.90. The molecule has 2 atom stereocenters. The van der Waals surface area contributed by atoms with E-state index in [9.17, 15) is 0 Å². The minimum absolute atomic E-state index is 0.364. The van der Waals surface area contributed by atoms with Gasteiger partial charge in [-0.2, -0.15) is 0 Å². The lowest BCUT2D eigenvalue weighted by Crippen LogP contribution is -2.46. The van der Waals surface area contributed by atoms with Crippen molar-refractivity contribution in [3.63, 3.8) is 0 Å². The average molecular weight is 296 g/mol. The van der Waals surface area contributed by atoms with Crippen molar-refractivity contribution >= 4 is 17.3 Å². The van der Waals surface area contributed by atoms with E-state index in [0.29, 0.717) is 18.0 Å². The number of rotatable bonds is 6. The van der Waals surface area contributed by atoms with Crippen molar-refractivity contribution in [3.05, 3.63) is 22.4 Å². The molecule has 1 rings (SSSR count). The van der Waals surface area contributed by atoms with Crippen LogP contribution in [-0.4, -0.2) is 44.6 Å². The minimum atomic E-state index is 0.364. The highest BCUT2D eigenvalue weighted by Gasteiger charge is 2.16. The summed E-state index contributed by atoms with van der Waals surface area (Å²) in [6.07, 6.45) is 0. The van der Waals surface area contributed by atoms with Crippen molar-refractivity contribution < 1.29 is 0 Å². The summed E-state index contributed by atoms with van der Waals surface area (Å²) in [7, 11) is 6.04. The minimum Gasteiger partial charge on any atom is -0.354 e. The standard InChI is InChI=1S/C15H28N4S/c1-11(2)12(3)18-15(16-4)17-10-13(19(5)6)14-8-7-9-20-14/h7-9,11-13H,10H2,1-6H3,(H2,16,17,18). The molecule has 0 saturated heterocycles. The number of hydrogen-bond donors (Lipinski definition) is 2. The van der Waals surface area contributed by atoms with Crippen LogP contribution >= 0.6 is 11.3 Å². The van der Waals surface area contributed by atoms with E-state index >= 15 is 0 Å². The molecule has 0 radical (unpaired) electrons. The monoisotopic (exact) mass is 296 g/mol. The van der Waals surface area contributed by atoms with Crippen LogP contribution in [0.15, 0.2) is 22.5 Å². The molecule has 2 unspecified atom stereocenters. The molecule has 0 aliphatic heterocycles. The fraction of sp³-hybridized carbons (Fsp3) is 0.667. The Balaban J connectivity index is 2.58. The SMILES string of the molecule is CN=C(NCC(c1cccs1)N(C)C)NC(C)C(C)C. The summed E-state index contributed by atoms with van der Waals surface area (Å²) < 4.78 is 0. The van der Waals surface area contributed by atoms with Crippen LogP contribution in [0, 0.1) is 5.92 Å². The molecule has 0 aromatic carbocycles. The highest BCUT2D eigenvalue weighted by atomic mass is 32.1. The molecule has 0 fully saturated rings. The number of guanidine groups is 1. The summed E-state index contributed by atoms with van der Waals surface area (Å²) in [6, 6.07) is 5.05. The van der Waals surface area contributed by atoms with Crippen molar-refractivity contribution in [1.82, 2.24) is 15.5 Å². The van der Waals surface area contributed by atoms with Crippen LogP contribution in [0.2, 0.25) is 0 Å². The maximum Gasteiger partial charge on any atom is 0.191 e. The summed E-state index contributed by atoms with van der Waals surface area (Å²) in [4.78, 5) is 7.91. The highest BCUT2D eigenvalue weighted by molar-refractivity contribution is 7.10. The Morgan fingerprint density at radius 3 is 2.50 bits per heavy atom. The van der Waals surface area contributed by atoms with Crippen molar-refractivity contribution in [3.8, 4) is 0 Å². The van der Waals surface area contributed by atoms with Crippen LogP contribution in [0.25, 0.3) is 0 Å². The molecule has 4 nitrogen and oxygen atoms in total. The van der Waals surface area contributed by atoms with Gasteiger partial charge in [-0.15, -0.1) is 11.3 Å². The fourth-order valence-corrected chi connectivity index (χ4v) is 2.71. The second-order valence-corrected chi connectivity index (χ2v) is 6.60. The van der Waals surface area contributed by atoms with Gasteiger partial charge in [0.15, 0.2) is 5.96 Å². The first kappa shape index (κ1) is 17.0. The van der Waals surface area contributed by atoms with Gasteiger partial charge in [-0.3, -0.25) is 4.99 Å². The summed E-state index contributed by atoms with van der Waals surface area (Å²) in [5, 5.41) is 8.98. The number of nitrogens with one attached hydrogen (secondary N) is 2. The van der Waals surface area contributed by atoms with Crippen molar-refractivity contribution in [2.24, 2.45) is 10.9 Å². The van der Waals surface area contributed by atoms with Gasteiger partial charge in [0, 0.05) is 24.5 Å². The van der Waals surface area contributed by atoms with Gasteiger partial charge in [-0.1, -0.05) is 19.9 Å². The second kappa shape index (κ2) is 8.27. The number of aliphatic imine (C=N–C) groups is 1. The molecule has 0 saturated carbocycles. The number of hydrogen-bond acceptors (Lipinski definition) is 3. The van der Waals surface area contributed by atoms with Gasteiger partial charge in [-0.05, 0) is 38.4 Å². The zero-order valence-electron chi connectivity index (χ0n) is 13.5. The molecule has 1 aromatic rings. The van der Waals surface area contributed by atoms with Gasteiger partial charge in [-0.25, -0.2) is 0 Å². The lowest BCUT2D eigenvalue weighted by Gasteiger charge is -2.26. The molecule has 0 amide bonds. The zero-order valence-corrected chi connectivity index (χ0v) is 14.3. The Morgan fingerprint density at radius 2 is 2.05 bits per heavy atom. The molecule has 20 heavy (non-hydrogen) atoms. The molecule has 0 aliphatic carbocycles. The Kier molecular flexibility index (Phi) is 7.02. The predicted molar refractivity (Wildman–Crippen MR) is 89.5 cm³/mol. The van der Waals surface area contributed by atoms with E-state index < -0.39 is 0 Å². The molecule has 0 aliphatic rings. The van der Waals surface area contributed by atoms with Gasteiger partial charge in [0.2, 0.25) is 0 Å². The van der Waals surface area contributed by atoms with E-state index in [4.69, 9.17) is 0 Å². The molecule has 0 spiro atoms. The van der Waals surface area contributed by atoms with Gasteiger partial charge in [0.05, 0.1) is 6.04 Å². The highest BCUT2D eigenvalue weighted by Crippen LogP contribution is 2.22. The van der Waals surface area contributed by atoms with Crippen LogP contribution in [0.4, 0.5) is 0 Å². The van der Waals surface area contributed by atoms with E-state index in [0.717, 1.165) is 12.5 Å². The van der Waals surface area contributed by atoms with Gasteiger partial charge >= 0.3 is 0 Å². The molecule has 1 aromatic heterocycles. The Morgan fingerprint density at radius 1 is 1.35 bits per heavy atom. The van der Waals surface area contributed by atoms with Gasteiger partial charge < -0.3 is 15.5 Å². The van der Waals surface area contributed by atoms with E-state index in [1.807, 2.05) is 7.05 Å². The molecular weight excluding hydrogens is 268 g/mol. The number of nitrogens with zero attached hydrogens (tertiary/aromatic N) is 2. The fourth-order valence-electron chi connectivity index (χ4n) is 1.79. The molecule has 5 heteroatoms. The number of likely N-dealkylation sites (N-methyl/N-ethyl adjacent to an activating group) is 1. The number of thiophene rings is 1. The maximum absolute atomic E-state index is 4.30. The topological polar surface area (TPSA) is 39.7 Å². The molecule has 0 bridgehead atoms. The van der Waals surface area contributed by atoms with Crippen molar-refractivity contribution in [1.29, 1.82) is 0 Å². The summed E-state index contributed by atoms with van der Waals surface area (Å²) >= 11 is 1.80. The third kappa shape index (κ3) is 5.13. The summed E-state index contributed by atoms with van der Waals surface area (Å²) in [6.45, 7) is 7.44. The third-order valence-corrected chi connectivity index (χ3v) is 4.52. The van der Waals surface area contributed by atoms with E-state index in [2.05, 4.69) is 72.9 Å². The summed E-state index contributed by atoms with van der Waals surface area (Å²) in [5.74, 6) is 1.45. The van der Waals surface area contributed by atoms with E-state index in [1.54, 1.807) is 11.3 Å². The predicted octanol–water partition coefficient (Wildman–Crippen LogP) is 2.56. The maximum atomic E-state index is 4.30. The Bertz CT molecular complexity index is 398. The van der Waals surface area contributed by atoms with E-state index in [1.165, 1.54) is 4.88 Å². The van der Waals surface area contributed by atoms with E-state index in [-0.39, 0.29) is 0 Å². The largest absolute Gasteiger partial charge is 0.354 e. The normalized spacial score (nSPS) is 15.5. The van der Waals surface area contributed by atoms with Crippen LogP contribution in [-0.2, 0) is 0 Å². The molecule has 114 valence electrons. The zero-order chi connectivity index (χ0) is 15.1. The van der Waals surface area contributed by atoms with Crippen LogP contribution < -0.4 is 10.6 Å². The smallest absolute Gasteiger partial charge is 0.191 e. The van der Waals surface area contributed by atoms with Crippen LogP contribution in [0.3, 0.4) is 0 Å². The molecular formula is C15H28N4S.